The fraction of sp³-hybridized carbons (Fsp3) is 0.444. The number of rotatable bonds is 8. The lowest BCUT2D eigenvalue weighted by Crippen LogP contribution is -2.38. The Morgan fingerprint density at radius 1 is 1.24 bits per heavy atom. The molecule has 0 bridgehead atoms. The molecule has 2 rings (SSSR count). The number of nitrogens with one attached hydrogen (secondary N) is 2. The highest BCUT2D eigenvalue weighted by molar-refractivity contribution is 6.35. The molecule has 0 aliphatic heterocycles. The van der Waals surface area contributed by atoms with Gasteiger partial charge in [0.2, 0.25) is 0 Å². The van der Waals surface area contributed by atoms with Crippen LogP contribution >= 0.6 is 23.2 Å². The summed E-state index contributed by atoms with van der Waals surface area (Å²) >= 11 is 12.1. The predicted octanol–water partition coefficient (Wildman–Crippen LogP) is 3.46. The molecule has 0 amide bonds. The third-order valence-electron chi connectivity index (χ3n) is 3.70. The molecule has 25 heavy (non-hydrogen) atoms. The summed E-state index contributed by atoms with van der Waals surface area (Å²) in [6, 6.07) is 5.63. The number of aromatic nitrogens is 2. The summed E-state index contributed by atoms with van der Waals surface area (Å²) in [6.45, 7) is 4.45. The number of halogens is 2. The van der Waals surface area contributed by atoms with Crippen LogP contribution in [0.5, 0.6) is 0 Å². The predicted molar refractivity (Wildman–Crippen MR) is 106 cm³/mol. The van der Waals surface area contributed by atoms with Gasteiger partial charge in [0.25, 0.3) is 0 Å². The molecule has 1 aromatic carbocycles. The summed E-state index contributed by atoms with van der Waals surface area (Å²) in [5.41, 5.74) is 2.32. The average molecular weight is 382 g/mol. The molecular formula is C18H25Cl2N5. The summed E-state index contributed by atoms with van der Waals surface area (Å²) < 4.78 is 1.82. The Morgan fingerprint density at radius 3 is 2.76 bits per heavy atom. The fourth-order valence-corrected chi connectivity index (χ4v) is 2.96. The number of benzene rings is 1. The second kappa shape index (κ2) is 10.3. The largest absolute Gasteiger partial charge is 0.357 e. The normalized spacial score (nSPS) is 11.6. The third-order valence-corrected chi connectivity index (χ3v) is 4.28. The third kappa shape index (κ3) is 6.96. The molecule has 5 nitrogen and oxygen atoms in total. The minimum Gasteiger partial charge on any atom is -0.357 e. The van der Waals surface area contributed by atoms with Crippen molar-refractivity contribution in [2.45, 2.75) is 26.2 Å². The molecule has 0 atom stereocenters. The SMILES string of the molecule is CCNC(=NCCCc1ccc(Cl)cc1Cl)NCCc1cnn(C)c1. The molecule has 0 saturated carbocycles. The van der Waals surface area contributed by atoms with E-state index in [1.165, 1.54) is 5.56 Å². The van der Waals surface area contributed by atoms with E-state index in [2.05, 4.69) is 27.6 Å². The van der Waals surface area contributed by atoms with Gasteiger partial charge in [-0.2, -0.15) is 5.10 Å². The van der Waals surface area contributed by atoms with E-state index in [9.17, 15) is 0 Å². The summed E-state index contributed by atoms with van der Waals surface area (Å²) in [6.07, 6.45) is 6.65. The highest BCUT2D eigenvalue weighted by Gasteiger charge is 2.02. The van der Waals surface area contributed by atoms with E-state index in [-0.39, 0.29) is 0 Å². The molecule has 1 aromatic heterocycles. The van der Waals surface area contributed by atoms with Gasteiger partial charge in [0.1, 0.15) is 0 Å². The van der Waals surface area contributed by atoms with Crippen molar-refractivity contribution in [1.82, 2.24) is 20.4 Å². The van der Waals surface area contributed by atoms with Crippen molar-refractivity contribution in [3.8, 4) is 0 Å². The lowest BCUT2D eigenvalue weighted by Gasteiger charge is -2.11. The Hall–Kier alpha value is -1.72. The first-order valence-corrected chi connectivity index (χ1v) is 9.27. The molecule has 2 aromatic rings. The van der Waals surface area contributed by atoms with E-state index < -0.39 is 0 Å². The van der Waals surface area contributed by atoms with Crippen LogP contribution < -0.4 is 10.6 Å². The Bertz CT molecular complexity index is 697. The molecular weight excluding hydrogens is 357 g/mol. The number of hydrogen-bond donors (Lipinski definition) is 2. The van der Waals surface area contributed by atoms with E-state index in [0.29, 0.717) is 5.02 Å². The fourth-order valence-electron chi connectivity index (χ4n) is 2.45. The number of guanidine groups is 1. The summed E-state index contributed by atoms with van der Waals surface area (Å²) in [4.78, 5) is 4.62. The lowest BCUT2D eigenvalue weighted by atomic mass is 10.1. The molecule has 2 N–H and O–H groups in total. The highest BCUT2D eigenvalue weighted by Crippen LogP contribution is 2.21. The average Bonchev–Trinajstić information content (AvgIpc) is 2.98. The van der Waals surface area contributed by atoms with Gasteiger partial charge >= 0.3 is 0 Å². The zero-order valence-corrected chi connectivity index (χ0v) is 16.2. The van der Waals surface area contributed by atoms with Gasteiger partial charge in [-0.05, 0) is 49.4 Å². The zero-order chi connectivity index (χ0) is 18.1. The van der Waals surface area contributed by atoms with E-state index in [1.54, 1.807) is 6.07 Å². The van der Waals surface area contributed by atoms with Crippen LogP contribution in [-0.2, 0) is 19.9 Å². The van der Waals surface area contributed by atoms with Crippen molar-refractivity contribution in [3.05, 3.63) is 51.8 Å². The number of aliphatic imine (C=N–C) groups is 1. The monoisotopic (exact) mass is 381 g/mol. The number of hydrogen-bond acceptors (Lipinski definition) is 2. The minimum atomic E-state index is 0.666. The van der Waals surface area contributed by atoms with Crippen LogP contribution in [0.1, 0.15) is 24.5 Å². The summed E-state index contributed by atoms with van der Waals surface area (Å²) in [7, 11) is 1.93. The van der Waals surface area contributed by atoms with Gasteiger partial charge in [0.05, 0.1) is 6.20 Å². The van der Waals surface area contributed by atoms with Gasteiger partial charge in [-0.3, -0.25) is 9.67 Å². The molecule has 0 fully saturated rings. The van der Waals surface area contributed by atoms with Gasteiger partial charge in [0.15, 0.2) is 5.96 Å². The smallest absolute Gasteiger partial charge is 0.191 e. The van der Waals surface area contributed by atoms with Crippen LogP contribution in [-0.4, -0.2) is 35.4 Å². The van der Waals surface area contributed by atoms with Crippen molar-refractivity contribution in [3.63, 3.8) is 0 Å². The van der Waals surface area contributed by atoms with Crippen molar-refractivity contribution >= 4 is 29.2 Å². The van der Waals surface area contributed by atoms with Gasteiger partial charge in [-0.15, -0.1) is 0 Å². The van der Waals surface area contributed by atoms with Crippen molar-refractivity contribution in [1.29, 1.82) is 0 Å². The maximum absolute atomic E-state index is 6.20. The van der Waals surface area contributed by atoms with Gasteiger partial charge in [0, 0.05) is 42.9 Å². The first-order chi connectivity index (χ1) is 12.1. The van der Waals surface area contributed by atoms with Crippen LogP contribution in [0.25, 0.3) is 0 Å². The zero-order valence-electron chi connectivity index (χ0n) is 14.7. The second-order valence-corrected chi connectivity index (χ2v) is 6.64. The van der Waals surface area contributed by atoms with Crippen LogP contribution in [0.15, 0.2) is 35.6 Å². The Balaban J connectivity index is 1.76. The summed E-state index contributed by atoms with van der Waals surface area (Å²) in [5.74, 6) is 0.841. The molecule has 0 unspecified atom stereocenters. The Morgan fingerprint density at radius 2 is 2.08 bits per heavy atom. The molecule has 0 aliphatic carbocycles. The molecule has 0 spiro atoms. The van der Waals surface area contributed by atoms with Crippen molar-refractivity contribution in [2.75, 3.05) is 19.6 Å². The van der Waals surface area contributed by atoms with Crippen molar-refractivity contribution in [2.24, 2.45) is 12.0 Å². The Kier molecular flexibility index (Phi) is 8.09. The van der Waals surface area contributed by atoms with E-state index in [1.807, 2.05) is 36.3 Å². The van der Waals surface area contributed by atoms with Crippen LogP contribution in [0, 0.1) is 0 Å². The lowest BCUT2D eigenvalue weighted by molar-refractivity contribution is 0.763. The van der Waals surface area contributed by atoms with E-state index in [4.69, 9.17) is 23.2 Å². The Labute approximate surface area is 159 Å². The number of nitrogens with zero attached hydrogens (tertiary/aromatic N) is 3. The number of aryl methyl sites for hydroxylation is 2. The molecule has 136 valence electrons. The molecule has 0 aliphatic rings. The maximum atomic E-state index is 6.20. The molecule has 0 saturated heterocycles. The van der Waals surface area contributed by atoms with Crippen molar-refractivity contribution < 1.29 is 0 Å². The summed E-state index contributed by atoms with van der Waals surface area (Å²) in [5, 5.41) is 12.2. The minimum absolute atomic E-state index is 0.666. The van der Waals surface area contributed by atoms with Crippen LogP contribution in [0.2, 0.25) is 10.0 Å². The van der Waals surface area contributed by atoms with Crippen LogP contribution in [0.4, 0.5) is 0 Å². The second-order valence-electron chi connectivity index (χ2n) is 5.80. The first-order valence-electron chi connectivity index (χ1n) is 8.52. The standard InChI is InChI=1S/C18H25Cl2N5/c1-3-21-18(23-10-8-14-12-24-25(2)13-14)22-9-4-5-15-6-7-16(19)11-17(15)20/h6-7,11-13H,3-5,8-10H2,1-2H3,(H2,21,22,23). The highest BCUT2D eigenvalue weighted by atomic mass is 35.5. The molecule has 7 heteroatoms. The van der Waals surface area contributed by atoms with E-state index in [0.717, 1.165) is 55.4 Å². The quantitative estimate of drug-likeness (QED) is 0.418. The van der Waals surface area contributed by atoms with E-state index >= 15 is 0 Å². The van der Waals surface area contributed by atoms with Gasteiger partial charge in [-0.1, -0.05) is 29.3 Å². The van der Waals surface area contributed by atoms with Crippen LogP contribution in [0.3, 0.4) is 0 Å². The molecule has 0 radical (unpaired) electrons. The topological polar surface area (TPSA) is 54.2 Å². The van der Waals surface area contributed by atoms with Gasteiger partial charge < -0.3 is 10.6 Å². The first kappa shape index (κ1) is 19.6. The maximum Gasteiger partial charge on any atom is 0.191 e. The molecule has 1 heterocycles. The van der Waals surface area contributed by atoms with Gasteiger partial charge in [-0.25, -0.2) is 0 Å².